The maximum absolute atomic E-state index is 12.1. The molecule has 0 fully saturated rings. The smallest absolute Gasteiger partial charge is 0.272 e. The Hall–Kier alpha value is -3.84. The molecule has 3 aromatic carbocycles. The number of nitrogens with zero attached hydrogens (tertiary/aromatic N) is 3. The van der Waals surface area contributed by atoms with Crippen molar-refractivity contribution in [3.63, 3.8) is 0 Å². The van der Waals surface area contributed by atoms with Crippen LogP contribution in [0.5, 0.6) is 0 Å². The number of aromatic amines is 1. The highest BCUT2D eigenvalue weighted by Gasteiger charge is 2.12. The van der Waals surface area contributed by atoms with Gasteiger partial charge in [-0.1, -0.05) is 65.9 Å². The number of aromatic nitrogens is 4. The van der Waals surface area contributed by atoms with Gasteiger partial charge in [-0.05, 0) is 30.7 Å². The van der Waals surface area contributed by atoms with Gasteiger partial charge in [-0.15, -0.1) is 10.2 Å². The van der Waals surface area contributed by atoms with E-state index in [2.05, 4.69) is 25.7 Å². The summed E-state index contributed by atoms with van der Waals surface area (Å²) in [6.45, 7) is 2.03. The lowest BCUT2D eigenvalue weighted by molar-refractivity contribution is 1.02. The first-order valence-corrected chi connectivity index (χ1v) is 10.2. The van der Waals surface area contributed by atoms with Gasteiger partial charge >= 0.3 is 0 Å². The molecule has 0 bridgehead atoms. The van der Waals surface area contributed by atoms with Crippen molar-refractivity contribution >= 4 is 32.9 Å². The summed E-state index contributed by atoms with van der Waals surface area (Å²) in [7, 11) is 0. The van der Waals surface area contributed by atoms with Crippen molar-refractivity contribution in [3.8, 4) is 21.8 Å². The van der Waals surface area contributed by atoms with Crippen LogP contribution in [0.4, 0.5) is 10.8 Å². The second kappa shape index (κ2) is 7.53. The van der Waals surface area contributed by atoms with E-state index in [4.69, 9.17) is 0 Å². The molecule has 0 unspecified atom stereocenters. The Morgan fingerprint density at radius 1 is 0.900 bits per heavy atom. The van der Waals surface area contributed by atoms with Crippen molar-refractivity contribution in [1.82, 2.24) is 20.4 Å². The van der Waals surface area contributed by atoms with Gasteiger partial charge in [-0.3, -0.25) is 4.79 Å². The standard InChI is InChI=1S/C23H17N5OS/c1-14-13-16(24-23-28-27-22(30-23)15-7-3-2-4-8-15)11-12-17(14)20-18-9-5-6-10-19(18)21(29)26-25-20/h2-13H,1H3,(H,24,28)(H,26,29). The minimum Gasteiger partial charge on any atom is -0.330 e. The van der Waals surface area contributed by atoms with Crippen molar-refractivity contribution < 1.29 is 0 Å². The van der Waals surface area contributed by atoms with Crippen LogP contribution in [0, 0.1) is 6.92 Å². The second-order valence-electron chi connectivity index (χ2n) is 6.88. The molecule has 2 heterocycles. The largest absolute Gasteiger partial charge is 0.330 e. The highest BCUT2D eigenvalue weighted by Crippen LogP contribution is 2.31. The van der Waals surface area contributed by atoms with Gasteiger partial charge in [0.15, 0.2) is 0 Å². The molecule has 30 heavy (non-hydrogen) atoms. The Bertz CT molecular complexity index is 1410. The molecule has 146 valence electrons. The monoisotopic (exact) mass is 411 g/mol. The van der Waals surface area contributed by atoms with Gasteiger partial charge in [0.25, 0.3) is 5.56 Å². The Morgan fingerprint density at radius 2 is 1.67 bits per heavy atom. The fourth-order valence-electron chi connectivity index (χ4n) is 3.42. The molecule has 0 aliphatic carbocycles. The number of H-pyrrole nitrogens is 1. The summed E-state index contributed by atoms with van der Waals surface area (Å²) in [5, 5.41) is 21.8. The van der Waals surface area contributed by atoms with Crippen molar-refractivity contribution in [2.75, 3.05) is 5.32 Å². The zero-order valence-electron chi connectivity index (χ0n) is 16.1. The molecule has 0 amide bonds. The maximum atomic E-state index is 12.1. The van der Waals surface area contributed by atoms with E-state index >= 15 is 0 Å². The number of benzene rings is 3. The Kier molecular flexibility index (Phi) is 4.57. The van der Waals surface area contributed by atoms with Crippen LogP contribution in [0.3, 0.4) is 0 Å². The minimum absolute atomic E-state index is 0.184. The van der Waals surface area contributed by atoms with Crippen molar-refractivity contribution in [1.29, 1.82) is 0 Å². The van der Waals surface area contributed by atoms with Crippen molar-refractivity contribution in [2.45, 2.75) is 6.92 Å². The minimum atomic E-state index is -0.184. The third kappa shape index (κ3) is 3.35. The first-order chi connectivity index (χ1) is 14.7. The lowest BCUT2D eigenvalue weighted by Crippen LogP contribution is -2.09. The molecule has 7 heteroatoms. The summed E-state index contributed by atoms with van der Waals surface area (Å²) in [6, 6.07) is 23.5. The van der Waals surface area contributed by atoms with E-state index < -0.39 is 0 Å². The molecule has 0 spiro atoms. The summed E-state index contributed by atoms with van der Waals surface area (Å²) in [5.41, 5.74) is 4.55. The topological polar surface area (TPSA) is 83.6 Å². The SMILES string of the molecule is Cc1cc(Nc2nnc(-c3ccccc3)s2)ccc1-c1n[nH]c(=O)c2ccccc12. The third-order valence-corrected chi connectivity index (χ3v) is 5.76. The fourth-order valence-corrected chi connectivity index (χ4v) is 4.19. The van der Waals surface area contributed by atoms with E-state index in [0.29, 0.717) is 5.39 Å². The van der Waals surface area contributed by atoms with Gasteiger partial charge in [-0.25, -0.2) is 5.10 Å². The van der Waals surface area contributed by atoms with Crippen molar-refractivity contribution in [2.24, 2.45) is 0 Å². The third-order valence-electron chi connectivity index (χ3n) is 4.87. The molecule has 0 saturated carbocycles. The lowest BCUT2D eigenvalue weighted by Gasteiger charge is -2.10. The quantitative estimate of drug-likeness (QED) is 0.427. The van der Waals surface area contributed by atoms with Crippen LogP contribution in [0.1, 0.15) is 5.56 Å². The maximum Gasteiger partial charge on any atom is 0.272 e. The number of rotatable bonds is 4. The lowest BCUT2D eigenvalue weighted by atomic mass is 10.0. The average Bonchev–Trinajstić information content (AvgIpc) is 3.24. The molecule has 2 aromatic heterocycles. The number of anilines is 2. The summed E-state index contributed by atoms with van der Waals surface area (Å²) < 4.78 is 0. The number of nitrogens with one attached hydrogen (secondary N) is 2. The zero-order chi connectivity index (χ0) is 20.5. The van der Waals surface area contributed by atoms with Gasteiger partial charge < -0.3 is 5.32 Å². The fraction of sp³-hybridized carbons (Fsp3) is 0.0435. The van der Waals surface area contributed by atoms with Gasteiger partial charge in [0.05, 0.1) is 11.1 Å². The molecule has 0 radical (unpaired) electrons. The van der Waals surface area contributed by atoms with E-state index in [0.717, 1.165) is 43.6 Å². The molecular weight excluding hydrogens is 394 g/mol. The first kappa shape index (κ1) is 18.2. The molecular formula is C23H17N5OS. The van der Waals surface area contributed by atoms with E-state index in [1.807, 2.05) is 79.7 Å². The van der Waals surface area contributed by atoms with Crippen LogP contribution in [0.15, 0.2) is 77.6 Å². The van der Waals surface area contributed by atoms with E-state index in [9.17, 15) is 4.79 Å². The van der Waals surface area contributed by atoms with Gasteiger partial charge in [0.1, 0.15) is 5.01 Å². The molecule has 0 aliphatic rings. The molecule has 2 N–H and O–H groups in total. The Labute approximate surface area is 176 Å². The van der Waals surface area contributed by atoms with E-state index in [-0.39, 0.29) is 5.56 Å². The summed E-state index contributed by atoms with van der Waals surface area (Å²) in [6.07, 6.45) is 0. The Balaban J connectivity index is 1.46. The number of hydrogen-bond donors (Lipinski definition) is 2. The van der Waals surface area contributed by atoms with Gasteiger partial charge in [0, 0.05) is 22.2 Å². The van der Waals surface area contributed by atoms with Crippen LogP contribution in [0.25, 0.3) is 32.6 Å². The summed E-state index contributed by atoms with van der Waals surface area (Å²) in [5.74, 6) is 0. The van der Waals surface area contributed by atoms with Gasteiger partial charge in [0.2, 0.25) is 5.13 Å². The predicted octanol–water partition coefficient (Wildman–Crippen LogP) is 5.16. The highest BCUT2D eigenvalue weighted by molar-refractivity contribution is 7.18. The van der Waals surface area contributed by atoms with Gasteiger partial charge in [-0.2, -0.15) is 5.10 Å². The molecule has 5 aromatic rings. The summed E-state index contributed by atoms with van der Waals surface area (Å²) in [4.78, 5) is 12.1. The number of fused-ring (bicyclic) bond motifs is 1. The number of hydrogen-bond acceptors (Lipinski definition) is 6. The Morgan fingerprint density at radius 3 is 2.47 bits per heavy atom. The van der Waals surface area contributed by atoms with E-state index in [1.165, 1.54) is 11.3 Å². The first-order valence-electron chi connectivity index (χ1n) is 9.43. The van der Waals surface area contributed by atoms with E-state index in [1.54, 1.807) is 0 Å². The number of aryl methyl sites for hydroxylation is 1. The summed E-state index contributed by atoms with van der Waals surface area (Å²) >= 11 is 1.51. The highest BCUT2D eigenvalue weighted by atomic mass is 32.1. The van der Waals surface area contributed by atoms with Crippen LogP contribution in [0.2, 0.25) is 0 Å². The molecule has 6 nitrogen and oxygen atoms in total. The van der Waals surface area contributed by atoms with Crippen LogP contribution in [-0.4, -0.2) is 20.4 Å². The molecule has 0 aliphatic heterocycles. The zero-order valence-corrected chi connectivity index (χ0v) is 16.9. The average molecular weight is 411 g/mol. The second-order valence-corrected chi connectivity index (χ2v) is 7.86. The van der Waals surface area contributed by atoms with Crippen LogP contribution < -0.4 is 10.9 Å². The molecule has 0 saturated heterocycles. The normalized spacial score (nSPS) is 11.0. The molecule has 5 rings (SSSR count). The van der Waals surface area contributed by atoms with Crippen LogP contribution >= 0.6 is 11.3 Å². The predicted molar refractivity (Wildman–Crippen MR) is 121 cm³/mol. The van der Waals surface area contributed by atoms with Crippen molar-refractivity contribution in [3.05, 3.63) is 88.7 Å². The van der Waals surface area contributed by atoms with Crippen LogP contribution in [-0.2, 0) is 0 Å². The molecule has 0 atom stereocenters.